The Morgan fingerprint density at radius 1 is 1.28 bits per heavy atom. The van der Waals surface area contributed by atoms with Crippen LogP contribution in [0.5, 0.6) is 0 Å². The normalized spacial score (nSPS) is 13.3. The summed E-state index contributed by atoms with van der Waals surface area (Å²) < 4.78 is 3.36. The molecule has 1 heterocycles. The number of alkyl halides is 1. The summed E-state index contributed by atoms with van der Waals surface area (Å²) >= 11 is 7.46. The minimum atomic E-state index is 0.625. The minimum Gasteiger partial charge on any atom is -0.268 e. The molecule has 18 heavy (non-hydrogen) atoms. The molecule has 2 nitrogen and oxygen atoms in total. The Balaban J connectivity index is 2.64. The Hall–Kier alpha value is 0.170. The van der Waals surface area contributed by atoms with Gasteiger partial charge in [0.05, 0.1) is 15.9 Å². The van der Waals surface area contributed by atoms with Gasteiger partial charge in [-0.05, 0) is 54.5 Å². The molecule has 1 aromatic heterocycles. The molecule has 0 N–H and O–H groups in total. The van der Waals surface area contributed by atoms with E-state index in [0.29, 0.717) is 10.7 Å². The standard InChI is InChI=1S/C14H24Br2N2/c1-5-12-14(16)13(18(6-2)17-12)9-7-8-11(15)10(3)4/h10-11H,5-9H2,1-4H3. The fourth-order valence-electron chi connectivity index (χ4n) is 2.05. The van der Waals surface area contributed by atoms with E-state index in [1.807, 2.05) is 0 Å². The van der Waals surface area contributed by atoms with Gasteiger partial charge in [0, 0.05) is 11.4 Å². The molecule has 0 aromatic carbocycles. The molecular weight excluding hydrogens is 356 g/mol. The maximum Gasteiger partial charge on any atom is 0.0766 e. The lowest BCUT2D eigenvalue weighted by Crippen LogP contribution is -2.08. The van der Waals surface area contributed by atoms with E-state index in [1.54, 1.807) is 0 Å². The molecular formula is C14H24Br2N2. The second-order valence-electron chi connectivity index (χ2n) is 5.03. The Morgan fingerprint density at radius 2 is 1.94 bits per heavy atom. The molecule has 1 unspecified atom stereocenters. The summed E-state index contributed by atoms with van der Waals surface area (Å²) in [6.07, 6.45) is 4.53. The minimum absolute atomic E-state index is 0.625. The zero-order valence-electron chi connectivity index (χ0n) is 11.8. The highest BCUT2D eigenvalue weighted by atomic mass is 79.9. The fraction of sp³-hybridized carbons (Fsp3) is 0.786. The molecule has 1 rings (SSSR count). The van der Waals surface area contributed by atoms with E-state index in [2.05, 4.69) is 69.3 Å². The number of aromatic nitrogens is 2. The molecule has 0 aliphatic heterocycles. The summed E-state index contributed by atoms with van der Waals surface area (Å²) in [5.41, 5.74) is 2.55. The summed E-state index contributed by atoms with van der Waals surface area (Å²) in [6.45, 7) is 9.80. The van der Waals surface area contributed by atoms with E-state index in [1.165, 1.54) is 28.7 Å². The molecule has 0 spiro atoms. The fourth-order valence-corrected chi connectivity index (χ4v) is 3.14. The van der Waals surface area contributed by atoms with E-state index in [4.69, 9.17) is 0 Å². The lowest BCUT2D eigenvalue weighted by Gasteiger charge is -2.13. The quantitative estimate of drug-likeness (QED) is 0.611. The largest absolute Gasteiger partial charge is 0.268 e. The molecule has 0 aliphatic rings. The first-order chi connectivity index (χ1) is 8.51. The average Bonchev–Trinajstić information content (AvgIpc) is 2.65. The third-order valence-electron chi connectivity index (χ3n) is 3.31. The molecule has 0 fully saturated rings. The van der Waals surface area contributed by atoms with Gasteiger partial charge in [0.2, 0.25) is 0 Å². The van der Waals surface area contributed by atoms with E-state index in [9.17, 15) is 0 Å². The summed E-state index contributed by atoms with van der Waals surface area (Å²) in [6, 6.07) is 0. The molecule has 0 aliphatic carbocycles. The molecule has 0 amide bonds. The predicted octanol–water partition coefficient (Wildman–Crippen LogP) is 4.97. The molecule has 0 saturated heterocycles. The maximum absolute atomic E-state index is 4.64. The van der Waals surface area contributed by atoms with Crippen LogP contribution in [-0.4, -0.2) is 14.6 Å². The third-order valence-corrected chi connectivity index (χ3v) is 5.74. The van der Waals surface area contributed by atoms with Crippen LogP contribution in [0.1, 0.15) is 51.9 Å². The molecule has 0 radical (unpaired) electrons. The van der Waals surface area contributed by atoms with E-state index >= 15 is 0 Å². The van der Waals surface area contributed by atoms with Crippen molar-refractivity contribution in [1.29, 1.82) is 0 Å². The molecule has 0 bridgehead atoms. The van der Waals surface area contributed by atoms with Crippen molar-refractivity contribution in [2.24, 2.45) is 5.92 Å². The van der Waals surface area contributed by atoms with Crippen LogP contribution < -0.4 is 0 Å². The summed E-state index contributed by atoms with van der Waals surface area (Å²) in [7, 11) is 0. The lowest BCUT2D eigenvalue weighted by molar-refractivity contribution is 0.545. The number of aryl methyl sites for hydroxylation is 2. The lowest BCUT2D eigenvalue weighted by atomic mass is 10.0. The Kier molecular flexibility index (Phi) is 6.93. The van der Waals surface area contributed by atoms with Crippen molar-refractivity contribution < 1.29 is 0 Å². The first kappa shape index (κ1) is 16.2. The average molecular weight is 380 g/mol. The second kappa shape index (κ2) is 7.68. The van der Waals surface area contributed by atoms with Crippen LogP contribution >= 0.6 is 31.9 Å². The highest BCUT2D eigenvalue weighted by Gasteiger charge is 2.15. The first-order valence-electron chi connectivity index (χ1n) is 6.89. The summed E-state index contributed by atoms with van der Waals surface area (Å²) in [4.78, 5) is 0.625. The van der Waals surface area contributed by atoms with Gasteiger partial charge in [-0.15, -0.1) is 0 Å². The van der Waals surface area contributed by atoms with Crippen molar-refractivity contribution in [1.82, 2.24) is 9.78 Å². The van der Waals surface area contributed by atoms with Crippen molar-refractivity contribution in [3.63, 3.8) is 0 Å². The Bertz CT molecular complexity index is 372. The van der Waals surface area contributed by atoms with E-state index < -0.39 is 0 Å². The van der Waals surface area contributed by atoms with Crippen molar-refractivity contribution in [2.75, 3.05) is 0 Å². The highest BCUT2D eigenvalue weighted by Crippen LogP contribution is 2.25. The summed E-state index contributed by atoms with van der Waals surface area (Å²) in [5, 5.41) is 4.64. The predicted molar refractivity (Wildman–Crippen MR) is 85.5 cm³/mol. The number of halogens is 2. The van der Waals surface area contributed by atoms with Crippen LogP contribution in [0.3, 0.4) is 0 Å². The van der Waals surface area contributed by atoms with Crippen LogP contribution in [0.4, 0.5) is 0 Å². The Labute approximate surface area is 128 Å². The van der Waals surface area contributed by atoms with Crippen LogP contribution in [0, 0.1) is 5.92 Å². The van der Waals surface area contributed by atoms with Crippen molar-refractivity contribution in [3.05, 3.63) is 15.9 Å². The van der Waals surface area contributed by atoms with Crippen molar-refractivity contribution in [2.45, 2.75) is 64.8 Å². The van der Waals surface area contributed by atoms with Gasteiger partial charge in [0.25, 0.3) is 0 Å². The van der Waals surface area contributed by atoms with Gasteiger partial charge in [-0.25, -0.2) is 0 Å². The highest BCUT2D eigenvalue weighted by molar-refractivity contribution is 9.10. The molecule has 1 aromatic rings. The molecule has 0 saturated carbocycles. The van der Waals surface area contributed by atoms with Crippen LogP contribution in [0.25, 0.3) is 0 Å². The van der Waals surface area contributed by atoms with Crippen LogP contribution in [-0.2, 0) is 19.4 Å². The topological polar surface area (TPSA) is 17.8 Å². The van der Waals surface area contributed by atoms with Gasteiger partial charge in [-0.2, -0.15) is 5.10 Å². The SMILES string of the molecule is CCc1nn(CC)c(CCCC(Br)C(C)C)c1Br. The molecule has 104 valence electrons. The molecule has 1 atom stereocenters. The zero-order valence-corrected chi connectivity index (χ0v) is 15.0. The molecule has 4 heteroatoms. The monoisotopic (exact) mass is 378 g/mol. The number of hydrogen-bond donors (Lipinski definition) is 0. The van der Waals surface area contributed by atoms with Crippen LogP contribution in [0.2, 0.25) is 0 Å². The summed E-state index contributed by atoms with van der Waals surface area (Å²) in [5.74, 6) is 0.704. The van der Waals surface area contributed by atoms with Crippen molar-refractivity contribution >= 4 is 31.9 Å². The van der Waals surface area contributed by atoms with Gasteiger partial charge >= 0.3 is 0 Å². The number of rotatable bonds is 7. The van der Waals surface area contributed by atoms with Crippen molar-refractivity contribution in [3.8, 4) is 0 Å². The zero-order chi connectivity index (χ0) is 13.7. The Morgan fingerprint density at radius 3 is 2.44 bits per heavy atom. The van der Waals surface area contributed by atoms with E-state index in [-0.39, 0.29) is 0 Å². The van der Waals surface area contributed by atoms with Gasteiger partial charge < -0.3 is 0 Å². The van der Waals surface area contributed by atoms with Crippen LogP contribution in [0.15, 0.2) is 4.47 Å². The smallest absolute Gasteiger partial charge is 0.0766 e. The maximum atomic E-state index is 4.64. The second-order valence-corrected chi connectivity index (χ2v) is 7.00. The van der Waals surface area contributed by atoms with Gasteiger partial charge in [-0.3, -0.25) is 4.68 Å². The number of nitrogens with zero attached hydrogens (tertiary/aromatic N) is 2. The van der Waals surface area contributed by atoms with Gasteiger partial charge in [-0.1, -0.05) is 36.7 Å². The number of hydrogen-bond acceptors (Lipinski definition) is 1. The first-order valence-corrected chi connectivity index (χ1v) is 8.60. The van der Waals surface area contributed by atoms with Gasteiger partial charge in [0.1, 0.15) is 0 Å². The van der Waals surface area contributed by atoms with E-state index in [0.717, 1.165) is 19.4 Å². The van der Waals surface area contributed by atoms with Gasteiger partial charge in [0.15, 0.2) is 0 Å². The third kappa shape index (κ3) is 4.09.